The standard InChI is InChI=1S/C47H87NO6/c1-38(2)29-31-42(40(5)6)24-23-37-53-45(49)27-20-16-13-15-19-26-44(54-47(51)28-22-35-48(9)10)25-18-14-11-12-17-21-36-52-46(50)34-33-43(41(7)8)32-30-39(3)4/h23-24,33-34,38-44H,11-22,25-32,35-37H2,1-10H3/b24-23+,34-33+. The second kappa shape index (κ2) is 34.1. The molecule has 0 amide bonds. The fraction of sp³-hybridized carbons (Fsp3) is 0.851. The van der Waals surface area contributed by atoms with Gasteiger partial charge in [-0.2, -0.15) is 0 Å². The lowest BCUT2D eigenvalue weighted by molar-refractivity contribution is -0.150. The van der Waals surface area contributed by atoms with Crippen LogP contribution in [-0.2, 0) is 28.6 Å². The smallest absolute Gasteiger partial charge is 0.330 e. The van der Waals surface area contributed by atoms with Gasteiger partial charge in [0.15, 0.2) is 0 Å². The highest BCUT2D eigenvalue weighted by atomic mass is 16.5. The van der Waals surface area contributed by atoms with E-state index in [0.717, 1.165) is 103 Å². The van der Waals surface area contributed by atoms with Crippen molar-refractivity contribution in [3.05, 3.63) is 24.3 Å². The normalized spacial score (nSPS) is 13.9. The Morgan fingerprint density at radius 3 is 1.57 bits per heavy atom. The number of unbranched alkanes of at least 4 members (excludes halogenated alkanes) is 9. The summed E-state index contributed by atoms with van der Waals surface area (Å²) in [6, 6.07) is 0. The molecular weight excluding hydrogens is 675 g/mol. The Labute approximate surface area is 334 Å². The molecule has 0 aliphatic heterocycles. The molecule has 0 N–H and O–H groups in total. The molecule has 0 bridgehead atoms. The second-order valence-corrected chi connectivity index (χ2v) is 17.6. The summed E-state index contributed by atoms with van der Waals surface area (Å²) >= 11 is 0. The van der Waals surface area contributed by atoms with Gasteiger partial charge in [-0.15, -0.1) is 0 Å². The van der Waals surface area contributed by atoms with Crippen molar-refractivity contribution in [2.24, 2.45) is 35.5 Å². The Balaban J connectivity index is 4.34. The largest absolute Gasteiger partial charge is 0.463 e. The third kappa shape index (κ3) is 33.2. The lowest BCUT2D eigenvalue weighted by Gasteiger charge is -2.18. The average Bonchev–Trinajstić information content (AvgIpc) is 3.09. The highest BCUT2D eigenvalue weighted by Gasteiger charge is 2.15. The summed E-state index contributed by atoms with van der Waals surface area (Å²) in [6.07, 6.45) is 27.6. The van der Waals surface area contributed by atoms with Crippen LogP contribution in [-0.4, -0.2) is 62.8 Å². The van der Waals surface area contributed by atoms with Gasteiger partial charge in [-0.25, -0.2) is 4.79 Å². The zero-order chi connectivity index (χ0) is 40.6. The molecule has 0 aromatic heterocycles. The number of carbonyl (C=O) groups excluding carboxylic acids is 3. The van der Waals surface area contributed by atoms with E-state index in [1.54, 1.807) is 6.08 Å². The number of nitrogens with zero attached hydrogens (tertiary/aromatic N) is 1. The maximum atomic E-state index is 12.6. The van der Waals surface area contributed by atoms with E-state index < -0.39 is 0 Å². The summed E-state index contributed by atoms with van der Waals surface area (Å²) in [4.78, 5) is 39.1. The maximum Gasteiger partial charge on any atom is 0.330 e. The monoisotopic (exact) mass is 762 g/mol. The van der Waals surface area contributed by atoms with Crippen LogP contribution in [0, 0.1) is 35.5 Å². The molecule has 0 aliphatic carbocycles. The number of rotatable bonds is 35. The minimum absolute atomic E-state index is 0.0197. The molecule has 54 heavy (non-hydrogen) atoms. The van der Waals surface area contributed by atoms with Gasteiger partial charge in [-0.05, 0) is 114 Å². The van der Waals surface area contributed by atoms with E-state index in [-0.39, 0.29) is 24.0 Å². The number of hydrogen-bond donors (Lipinski definition) is 0. The van der Waals surface area contributed by atoms with Crippen LogP contribution in [0.2, 0.25) is 0 Å². The summed E-state index contributed by atoms with van der Waals surface area (Å²) < 4.78 is 16.9. The number of ether oxygens (including phenoxy) is 3. The molecule has 0 rings (SSSR count). The van der Waals surface area contributed by atoms with Gasteiger partial charge in [-0.3, -0.25) is 9.59 Å². The molecule has 3 atom stereocenters. The van der Waals surface area contributed by atoms with Gasteiger partial charge >= 0.3 is 17.9 Å². The van der Waals surface area contributed by atoms with E-state index in [9.17, 15) is 14.4 Å². The van der Waals surface area contributed by atoms with E-state index in [2.05, 4.69) is 66.4 Å². The molecule has 0 heterocycles. The average molecular weight is 762 g/mol. The fourth-order valence-electron chi connectivity index (χ4n) is 6.62. The molecule has 0 saturated heterocycles. The molecular formula is C47H87NO6. The van der Waals surface area contributed by atoms with E-state index in [1.165, 1.54) is 19.3 Å². The predicted octanol–water partition coefficient (Wildman–Crippen LogP) is 12.3. The van der Waals surface area contributed by atoms with Crippen molar-refractivity contribution >= 4 is 17.9 Å². The van der Waals surface area contributed by atoms with Crippen molar-refractivity contribution in [1.29, 1.82) is 0 Å². The third-order valence-corrected chi connectivity index (χ3v) is 10.4. The van der Waals surface area contributed by atoms with Crippen LogP contribution in [0.25, 0.3) is 0 Å². The summed E-state index contributed by atoms with van der Waals surface area (Å²) in [5, 5.41) is 0. The van der Waals surface area contributed by atoms with Gasteiger partial charge < -0.3 is 19.1 Å². The summed E-state index contributed by atoms with van der Waals surface area (Å²) in [5.41, 5.74) is 0. The van der Waals surface area contributed by atoms with Crippen molar-refractivity contribution in [2.75, 3.05) is 33.9 Å². The molecule has 0 aromatic carbocycles. The lowest BCUT2D eigenvalue weighted by atomic mass is 9.88. The van der Waals surface area contributed by atoms with Crippen LogP contribution >= 0.6 is 0 Å². The first kappa shape index (κ1) is 51.9. The minimum atomic E-state index is -0.223. The van der Waals surface area contributed by atoms with Crippen molar-refractivity contribution < 1.29 is 28.6 Å². The lowest BCUT2D eigenvalue weighted by Crippen LogP contribution is -2.20. The minimum Gasteiger partial charge on any atom is -0.463 e. The van der Waals surface area contributed by atoms with Gasteiger partial charge in [0.05, 0.1) is 6.61 Å². The van der Waals surface area contributed by atoms with Crippen LogP contribution in [0.4, 0.5) is 0 Å². The van der Waals surface area contributed by atoms with Crippen molar-refractivity contribution in [3.63, 3.8) is 0 Å². The summed E-state index contributed by atoms with van der Waals surface area (Å²) in [7, 11) is 4.05. The first-order valence-electron chi connectivity index (χ1n) is 22.2. The SMILES string of the molecule is CC(C)CCC(/C=C/COC(=O)CCCCCCCC(CCCCCCCCOC(=O)/C=C/C(CCC(C)C)C(C)C)OC(=O)CCCN(C)C)C(C)C. The van der Waals surface area contributed by atoms with E-state index in [1.807, 2.05) is 26.2 Å². The molecule has 0 aromatic rings. The van der Waals surface area contributed by atoms with Gasteiger partial charge in [0.1, 0.15) is 12.7 Å². The summed E-state index contributed by atoms with van der Waals surface area (Å²) in [6.45, 7) is 19.7. The predicted molar refractivity (Wildman–Crippen MR) is 227 cm³/mol. The Bertz CT molecular complexity index is 985. The first-order valence-corrected chi connectivity index (χ1v) is 22.2. The van der Waals surface area contributed by atoms with E-state index in [0.29, 0.717) is 61.6 Å². The Hall–Kier alpha value is -2.15. The van der Waals surface area contributed by atoms with Crippen LogP contribution in [0.15, 0.2) is 24.3 Å². The molecule has 0 radical (unpaired) electrons. The van der Waals surface area contributed by atoms with E-state index >= 15 is 0 Å². The number of allylic oxidation sites excluding steroid dienone is 2. The Kier molecular flexibility index (Phi) is 32.8. The maximum absolute atomic E-state index is 12.6. The van der Waals surface area contributed by atoms with Crippen LogP contribution in [0.1, 0.15) is 184 Å². The van der Waals surface area contributed by atoms with Crippen molar-refractivity contribution in [3.8, 4) is 0 Å². The van der Waals surface area contributed by atoms with Gasteiger partial charge in [0, 0.05) is 18.9 Å². The van der Waals surface area contributed by atoms with Gasteiger partial charge in [-0.1, -0.05) is 131 Å². The van der Waals surface area contributed by atoms with Crippen LogP contribution in [0.3, 0.4) is 0 Å². The highest BCUT2D eigenvalue weighted by molar-refractivity contribution is 5.81. The summed E-state index contributed by atoms with van der Waals surface area (Å²) in [5.74, 6) is 3.03. The third-order valence-electron chi connectivity index (χ3n) is 10.4. The van der Waals surface area contributed by atoms with Crippen LogP contribution < -0.4 is 0 Å². The molecule has 0 saturated carbocycles. The second-order valence-electron chi connectivity index (χ2n) is 17.6. The highest BCUT2D eigenvalue weighted by Crippen LogP contribution is 2.23. The van der Waals surface area contributed by atoms with Gasteiger partial charge in [0.2, 0.25) is 0 Å². The molecule has 3 unspecified atom stereocenters. The number of carbonyl (C=O) groups is 3. The topological polar surface area (TPSA) is 82.1 Å². The molecule has 316 valence electrons. The van der Waals surface area contributed by atoms with Gasteiger partial charge in [0.25, 0.3) is 0 Å². The first-order chi connectivity index (χ1) is 25.7. The zero-order valence-electron chi connectivity index (χ0n) is 37.0. The molecule has 0 fully saturated rings. The van der Waals surface area contributed by atoms with Crippen molar-refractivity contribution in [2.45, 2.75) is 190 Å². The molecule has 7 nitrogen and oxygen atoms in total. The number of hydrogen-bond acceptors (Lipinski definition) is 7. The van der Waals surface area contributed by atoms with Crippen LogP contribution in [0.5, 0.6) is 0 Å². The Morgan fingerprint density at radius 2 is 1.04 bits per heavy atom. The number of esters is 3. The zero-order valence-corrected chi connectivity index (χ0v) is 37.0. The fourth-order valence-corrected chi connectivity index (χ4v) is 6.62. The molecule has 0 aliphatic rings. The van der Waals surface area contributed by atoms with E-state index in [4.69, 9.17) is 14.2 Å². The Morgan fingerprint density at radius 1 is 0.537 bits per heavy atom. The molecule has 7 heteroatoms. The van der Waals surface area contributed by atoms with Crippen molar-refractivity contribution in [1.82, 2.24) is 4.90 Å². The molecule has 0 spiro atoms. The quantitative estimate of drug-likeness (QED) is 0.0209.